The fourth-order valence-corrected chi connectivity index (χ4v) is 3.19. The summed E-state index contributed by atoms with van der Waals surface area (Å²) < 4.78 is 5.03. The first-order valence-electron chi connectivity index (χ1n) is 7.25. The molecule has 9 heteroatoms. The van der Waals surface area contributed by atoms with Crippen LogP contribution in [-0.2, 0) is 16.1 Å². The molecule has 1 spiro atoms. The van der Waals surface area contributed by atoms with Crippen LogP contribution in [0.25, 0.3) is 0 Å². The molecule has 3 atom stereocenters. The van der Waals surface area contributed by atoms with Crippen molar-refractivity contribution in [1.82, 2.24) is 20.0 Å². The lowest BCUT2D eigenvalue weighted by molar-refractivity contribution is -0.170. The maximum atomic E-state index is 12.6. The first kappa shape index (κ1) is 14.9. The molecule has 0 saturated carbocycles. The van der Waals surface area contributed by atoms with E-state index in [1.54, 1.807) is 4.90 Å². The summed E-state index contributed by atoms with van der Waals surface area (Å²) in [6.07, 6.45) is 1.63. The van der Waals surface area contributed by atoms with E-state index in [2.05, 4.69) is 10.2 Å². The van der Waals surface area contributed by atoms with Gasteiger partial charge >= 0.3 is 0 Å². The second-order valence-corrected chi connectivity index (χ2v) is 5.89. The van der Waals surface area contributed by atoms with Gasteiger partial charge in [0.05, 0.1) is 19.2 Å². The maximum Gasteiger partial charge on any atom is 0.250 e. The van der Waals surface area contributed by atoms with E-state index < -0.39 is 17.7 Å². The molecule has 0 aromatic carbocycles. The highest BCUT2D eigenvalue weighted by Gasteiger charge is 2.60. The Hall–Kier alpha value is -2.00. The molecule has 2 fully saturated rings. The molecule has 2 aliphatic rings. The van der Waals surface area contributed by atoms with E-state index in [1.165, 1.54) is 18.2 Å². The standard InChI is InChI=1S/C13H19N5O4/c1-8(19)10(14)11(20)18-4-2-3-13(18)6-17(12(13)21)5-9-16-15-7-22-9/h7-8,10,19H,2-6,14H2,1H3/t8-,10+,13?/m1/s1. The zero-order chi connectivity index (χ0) is 15.9. The monoisotopic (exact) mass is 309 g/mol. The van der Waals surface area contributed by atoms with Gasteiger partial charge in [-0.05, 0) is 19.8 Å². The summed E-state index contributed by atoms with van der Waals surface area (Å²) in [6, 6.07) is -1.01. The van der Waals surface area contributed by atoms with E-state index in [0.717, 1.165) is 6.42 Å². The number of rotatable bonds is 4. The van der Waals surface area contributed by atoms with Crippen molar-refractivity contribution in [3.05, 3.63) is 12.3 Å². The van der Waals surface area contributed by atoms with Crippen LogP contribution < -0.4 is 5.73 Å². The second-order valence-electron chi connectivity index (χ2n) is 5.89. The van der Waals surface area contributed by atoms with Gasteiger partial charge in [0.25, 0.3) is 5.91 Å². The van der Waals surface area contributed by atoms with E-state index in [9.17, 15) is 14.7 Å². The molecule has 1 aromatic heterocycles. The number of aromatic nitrogens is 2. The largest absolute Gasteiger partial charge is 0.426 e. The third kappa shape index (κ3) is 2.17. The van der Waals surface area contributed by atoms with Gasteiger partial charge in [-0.15, -0.1) is 10.2 Å². The Morgan fingerprint density at radius 1 is 1.64 bits per heavy atom. The number of β-lactam (4-membered cyclic amide) rings is 1. The molecule has 1 aromatic rings. The molecule has 9 nitrogen and oxygen atoms in total. The quantitative estimate of drug-likeness (QED) is 0.647. The fourth-order valence-electron chi connectivity index (χ4n) is 3.19. The number of carbonyl (C=O) groups excluding carboxylic acids is 2. The third-order valence-electron chi connectivity index (χ3n) is 4.43. The molecule has 3 rings (SSSR count). The number of aliphatic hydroxyl groups is 1. The lowest BCUT2D eigenvalue weighted by Gasteiger charge is -2.51. The van der Waals surface area contributed by atoms with E-state index in [-0.39, 0.29) is 18.4 Å². The third-order valence-corrected chi connectivity index (χ3v) is 4.43. The molecule has 120 valence electrons. The Kier molecular flexibility index (Phi) is 3.61. The SMILES string of the molecule is C[C@@H](O)[C@H](N)C(=O)N1CCCC12CN(Cc1nnco1)C2=O. The summed E-state index contributed by atoms with van der Waals surface area (Å²) in [5.41, 5.74) is 4.91. The van der Waals surface area contributed by atoms with Crippen LogP contribution in [0.4, 0.5) is 0 Å². The number of nitrogens with two attached hydrogens (primary N) is 1. The van der Waals surface area contributed by atoms with Crippen LogP contribution in [0.1, 0.15) is 25.7 Å². The van der Waals surface area contributed by atoms with Gasteiger partial charge in [-0.1, -0.05) is 0 Å². The Morgan fingerprint density at radius 2 is 2.41 bits per heavy atom. The highest BCUT2D eigenvalue weighted by atomic mass is 16.4. The van der Waals surface area contributed by atoms with Crippen LogP contribution in [0.5, 0.6) is 0 Å². The summed E-state index contributed by atoms with van der Waals surface area (Å²) in [6.45, 7) is 2.62. The van der Waals surface area contributed by atoms with Crippen molar-refractivity contribution in [2.24, 2.45) is 5.73 Å². The normalized spacial score (nSPS) is 27.1. The van der Waals surface area contributed by atoms with Crippen LogP contribution >= 0.6 is 0 Å². The minimum atomic E-state index is -1.01. The van der Waals surface area contributed by atoms with Gasteiger partial charge in [-0.2, -0.15) is 0 Å². The number of aliphatic hydroxyl groups excluding tert-OH is 1. The molecule has 3 N–H and O–H groups in total. The predicted molar refractivity (Wildman–Crippen MR) is 73.0 cm³/mol. The molecule has 3 heterocycles. The minimum absolute atomic E-state index is 0.130. The van der Waals surface area contributed by atoms with Crippen LogP contribution in [0, 0.1) is 0 Å². The van der Waals surface area contributed by atoms with Crippen LogP contribution in [0.15, 0.2) is 10.8 Å². The number of carbonyl (C=O) groups is 2. The first-order chi connectivity index (χ1) is 10.5. The predicted octanol–water partition coefficient (Wildman–Crippen LogP) is -1.52. The van der Waals surface area contributed by atoms with E-state index in [1.807, 2.05) is 0 Å². The van der Waals surface area contributed by atoms with Gasteiger partial charge in [-0.3, -0.25) is 9.59 Å². The highest BCUT2D eigenvalue weighted by molar-refractivity contribution is 5.98. The fraction of sp³-hybridized carbons (Fsp3) is 0.692. The van der Waals surface area contributed by atoms with Crippen molar-refractivity contribution >= 4 is 11.8 Å². The van der Waals surface area contributed by atoms with Crippen molar-refractivity contribution in [3.63, 3.8) is 0 Å². The lowest BCUT2D eigenvalue weighted by Crippen LogP contribution is -2.73. The van der Waals surface area contributed by atoms with Gasteiger partial charge in [0.1, 0.15) is 11.6 Å². The summed E-state index contributed by atoms with van der Waals surface area (Å²) >= 11 is 0. The number of likely N-dealkylation sites (tertiary alicyclic amines) is 2. The van der Waals surface area contributed by atoms with Crippen LogP contribution in [0.3, 0.4) is 0 Å². The Labute approximate surface area is 127 Å². The number of nitrogens with zero attached hydrogens (tertiary/aromatic N) is 4. The molecule has 0 aliphatic carbocycles. The van der Waals surface area contributed by atoms with E-state index in [4.69, 9.17) is 10.2 Å². The topological polar surface area (TPSA) is 126 Å². The summed E-state index contributed by atoms with van der Waals surface area (Å²) in [5.74, 6) is -0.146. The molecular formula is C13H19N5O4. The average Bonchev–Trinajstić information content (AvgIpc) is 3.15. The Bertz CT molecular complexity index is 575. The highest BCUT2D eigenvalue weighted by Crippen LogP contribution is 2.39. The van der Waals surface area contributed by atoms with Crippen molar-refractivity contribution in [2.45, 2.75) is 44.0 Å². The van der Waals surface area contributed by atoms with Gasteiger partial charge in [0, 0.05) is 6.54 Å². The Balaban J connectivity index is 1.71. The van der Waals surface area contributed by atoms with Gasteiger partial charge in [0.15, 0.2) is 0 Å². The van der Waals surface area contributed by atoms with Crippen LogP contribution in [0.2, 0.25) is 0 Å². The molecular weight excluding hydrogens is 290 g/mol. The van der Waals surface area contributed by atoms with Gasteiger partial charge in [0.2, 0.25) is 18.2 Å². The summed E-state index contributed by atoms with van der Waals surface area (Å²) in [5, 5.41) is 16.8. The van der Waals surface area contributed by atoms with E-state index in [0.29, 0.717) is 25.4 Å². The molecule has 22 heavy (non-hydrogen) atoms. The zero-order valence-electron chi connectivity index (χ0n) is 12.3. The zero-order valence-corrected chi connectivity index (χ0v) is 12.3. The summed E-state index contributed by atoms with van der Waals surface area (Å²) in [4.78, 5) is 28.1. The summed E-state index contributed by atoms with van der Waals surface area (Å²) in [7, 11) is 0. The Morgan fingerprint density at radius 3 is 3.00 bits per heavy atom. The molecule has 1 unspecified atom stereocenters. The number of hydrogen-bond donors (Lipinski definition) is 2. The lowest BCUT2D eigenvalue weighted by atomic mass is 9.85. The number of amides is 2. The first-order valence-corrected chi connectivity index (χ1v) is 7.25. The number of hydrogen-bond acceptors (Lipinski definition) is 7. The molecule has 0 bridgehead atoms. The molecule has 0 radical (unpaired) electrons. The maximum absolute atomic E-state index is 12.6. The van der Waals surface area contributed by atoms with Gasteiger partial charge < -0.3 is 25.1 Å². The molecule has 2 aliphatic heterocycles. The van der Waals surface area contributed by atoms with E-state index >= 15 is 0 Å². The molecule has 2 amide bonds. The molecule has 2 saturated heterocycles. The van der Waals surface area contributed by atoms with Crippen molar-refractivity contribution < 1.29 is 19.1 Å². The minimum Gasteiger partial charge on any atom is -0.426 e. The van der Waals surface area contributed by atoms with Crippen molar-refractivity contribution in [3.8, 4) is 0 Å². The second kappa shape index (κ2) is 5.33. The average molecular weight is 309 g/mol. The van der Waals surface area contributed by atoms with Crippen molar-refractivity contribution in [2.75, 3.05) is 13.1 Å². The smallest absolute Gasteiger partial charge is 0.250 e. The van der Waals surface area contributed by atoms with Crippen molar-refractivity contribution in [1.29, 1.82) is 0 Å². The van der Waals surface area contributed by atoms with Crippen LogP contribution in [-0.4, -0.2) is 67.7 Å². The van der Waals surface area contributed by atoms with Gasteiger partial charge in [-0.25, -0.2) is 0 Å².